The van der Waals surface area contributed by atoms with Gasteiger partial charge in [-0.25, -0.2) is 0 Å². The van der Waals surface area contributed by atoms with E-state index in [4.69, 9.17) is 10.2 Å². The van der Waals surface area contributed by atoms with E-state index in [0.29, 0.717) is 17.0 Å². The molecular weight excluding hydrogens is 318 g/mol. The first kappa shape index (κ1) is 13.9. The fourth-order valence-corrected chi connectivity index (χ4v) is 3.63. The first-order valence-electron chi connectivity index (χ1n) is 6.89. The first-order valence-corrected chi connectivity index (χ1v) is 7.68. The Balaban J connectivity index is 2.08. The van der Waals surface area contributed by atoms with Gasteiger partial charge in [-0.3, -0.25) is 0 Å². The standard InChI is InChI=1S/C16H18BrNO2/c17-14-8-7-13(20-14)15(19)16(10-18)9-3-5-11-4-1-2-6-12(11)16/h1-2,4,6-8,15,19H,3,5,9-10,18H2. The maximum absolute atomic E-state index is 10.9. The summed E-state index contributed by atoms with van der Waals surface area (Å²) in [6, 6.07) is 11.9. The molecule has 0 amide bonds. The second-order valence-electron chi connectivity index (χ2n) is 5.42. The number of aliphatic hydroxyl groups excluding tert-OH is 1. The number of halogens is 1. The normalized spacial score (nSPS) is 23.4. The monoisotopic (exact) mass is 335 g/mol. The minimum absolute atomic E-state index is 0.406. The quantitative estimate of drug-likeness (QED) is 0.904. The van der Waals surface area contributed by atoms with Gasteiger partial charge in [-0.15, -0.1) is 0 Å². The maximum atomic E-state index is 10.9. The summed E-state index contributed by atoms with van der Waals surface area (Å²) in [5.74, 6) is 0.569. The topological polar surface area (TPSA) is 59.4 Å². The molecule has 3 nitrogen and oxygen atoms in total. The van der Waals surface area contributed by atoms with Crippen LogP contribution in [0.5, 0.6) is 0 Å². The molecular formula is C16H18BrNO2. The highest BCUT2D eigenvalue weighted by molar-refractivity contribution is 9.10. The Kier molecular flexibility index (Phi) is 3.71. The maximum Gasteiger partial charge on any atom is 0.169 e. The molecule has 2 aromatic rings. The van der Waals surface area contributed by atoms with Crippen LogP contribution < -0.4 is 5.73 Å². The van der Waals surface area contributed by atoms with Gasteiger partial charge in [0.05, 0.1) is 0 Å². The second-order valence-corrected chi connectivity index (χ2v) is 6.20. The van der Waals surface area contributed by atoms with Crippen molar-refractivity contribution in [2.45, 2.75) is 30.8 Å². The summed E-state index contributed by atoms with van der Waals surface area (Å²) in [7, 11) is 0. The van der Waals surface area contributed by atoms with E-state index in [2.05, 4.69) is 28.1 Å². The highest BCUT2D eigenvalue weighted by Gasteiger charge is 2.43. The third-order valence-electron chi connectivity index (χ3n) is 4.37. The number of hydrogen-bond acceptors (Lipinski definition) is 3. The molecule has 2 unspecified atom stereocenters. The molecule has 4 heteroatoms. The molecule has 3 N–H and O–H groups in total. The van der Waals surface area contributed by atoms with Crippen LogP contribution in [-0.2, 0) is 11.8 Å². The fourth-order valence-electron chi connectivity index (χ4n) is 3.31. The van der Waals surface area contributed by atoms with Crippen LogP contribution in [0.4, 0.5) is 0 Å². The molecule has 1 aliphatic rings. The second kappa shape index (κ2) is 5.35. The van der Waals surface area contributed by atoms with E-state index in [1.54, 1.807) is 6.07 Å². The summed E-state index contributed by atoms with van der Waals surface area (Å²) in [6.45, 7) is 0.406. The Bertz CT molecular complexity index is 610. The number of furan rings is 1. The zero-order chi connectivity index (χ0) is 14.2. The Morgan fingerprint density at radius 2 is 2.10 bits per heavy atom. The molecule has 1 aliphatic carbocycles. The lowest BCUT2D eigenvalue weighted by atomic mass is 9.66. The van der Waals surface area contributed by atoms with E-state index in [-0.39, 0.29) is 0 Å². The van der Waals surface area contributed by atoms with Crippen molar-refractivity contribution in [3.05, 3.63) is 58.0 Å². The van der Waals surface area contributed by atoms with Gasteiger partial charge in [0.25, 0.3) is 0 Å². The van der Waals surface area contributed by atoms with Crippen LogP contribution in [0.1, 0.15) is 35.8 Å². The van der Waals surface area contributed by atoms with Gasteiger partial charge in [-0.05, 0) is 58.5 Å². The van der Waals surface area contributed by atoms with Crippen molar-refractivity contribution in [2.24, 2.45) is 5.73 Å². The largest absolute Gasteiger partial charge is 0.452 e. The van der Waals surface area contributed by atoms with Gasteiger partial charge in [-0.1, -0.05) is 24.3 Å². The Morgan fingerprint density at radius 1 is 1.30 bits per heavy atom. The van der Waals surface area contributed by atoms with E-state index in [1.165, 1.54) is 5.56 Å². The Labute approximate surface area is 126 Å². The van der Waals surface area contributed by atoms with E-state index < -0.39 is 11.5 Å². The van der Waals surface area contributed by atoms with Crippen molar-refractivity contribution in [1.82, 2.24) is 0 Å². The smallest absolute Gasteiger partial charge is 0.169 e. The van der Waals surface area contributed by atoms with Gasteiger partial charge in [0.15, 0.2) is 4.67 Å². The molecule has 0 bridgehead atoms. The highest BCUT2D eigenvalue weighted by atomic mass is 79.9. The predicted molar refractivity (Wildman–Crippen MR) is 81.5 cm³/mol. The zero-order valence-corrected chi connectivity index (χ0v) is 12.8. The van der Waals surface area contributed by atoms with Crippen LogP contribution in [-0.4, -0.2) is 11.7 Å². The molecule has 1 heterocycles. The summed E-state index contributed by atoms with van der Waals surface area (Å²) in [4.78, 5) is 0. The molecule has 0 saturated carbocycles. The predicted octanol–water partition coefficient (Wildman–Crippen LogP) is 3.31. The van der Waals surface area contributed by atoms with Gasteiger partial charge >= 0.3 is 0 Å². The minimum Gasteiger partial charge on any atom is -0.452 e. The van der Waals surface area contributed by atoms with Crippen LogP contribution in [0.25, 0.3) is 0 Å². The molecule has 0 aliphatic heterocycles. The summed E-state index contributed by atoms with van der Waals surface area (Å²) in [5, 5.41) is 10.9. The molecule has 0 fully saturated rings. The molecule has 3 rings (SSSR count). The fraction of sp³-hybridized carbons (Fsp3) is 0.375. The van der Waals surface area contributed by atoms with E-state index >= 15 is 0 Å². The highest BCUT2D eigenvalue weighted by Crippen LogP contribution is 2.45. The molecule has 1 aromatic heterocycles. The van der Waals surface area contributed by atoms with Crippen LogP contribution in [0.15, 0.2) is 45.5 Å². The molecule has 0 radical (unpaired) electrons. The van der Waals surface area contributed by atoms with Crippen molar-refractivity contribution in [3.8, 4) is 0 Å². The van der Waals surface area contributed by atoms with E-state index in [0.717, 1.165) is 24.8 Å². The average molecular weight is 336 g/mol. The lowest BCUT2D eigenvalue weighted by molar-refractivity contribution is 0.0521. The Morgan fingerprint density at radius 3 is 2.80 bits per heavy atom. The van der Waals surface area contributed by atoms with Crippen molar-refractivity contribution in [1.29, 1.82) is 0 Å². The summed E-state index contributed by atoms with van der Waals surface area (Å²) < 4.78 is 6.18. The Hall–Kier alpha value is -1.10. The summed E-state index contributed by atoms with van der Waals surface area (Å²) >= 11 is 3.29. The van der Waals surface area contributed by atoms with Gasteiger partial charge in [-0.2, -0.15) is 0 Å². The third-order valence-corrected chi connectivity index (χ3v) is 4.80. The molecule has 2 atom stereocenters. The van der Waals surface area contributed by atoms with Crippen LogP contribution in [0, 0.1) is 0 Å². The van der Waals surface area contributed by atoms with Crippen molar-refractivity contribution in [2.75, 3.05) is 6.54 Å². The minimum atomic E-state index is -0.722. The first-order chi connectivity index (χ1) is 9.67. The number of aliphatic hydroxyl groups is 1. The van der Waals surface area contributed by atoms with E-state index in [1.807, 2.05) is 18.2 Å². The molecule has 106 valence electrons. The summed E-state index contributed by atoms with van der Waals surface area (Å²) in [5.41, 5.74) is 8.08. The number of benzene rings is 1. The van der Waals surface area contributed by atoms with Crippen molar-refractivity contribution < 1.29 is 9.52 Å². The van der Waals surface area contributed by atoms with Crippen molar-refractivity contribution in [3.63, 3.8) is 0 Å². The lowest BCUT2D eigenvalue weighted by Crippen LogP contribution is -2.43. The van der Waals surface area contributed by atoms with Crippen LogP contribution in [0.2, 0.25) is 0 Å². The van der Waals surface area contributed by atoms with Crippen LogP contribution in [0.3, 0.4) is 0 Å². The zero-order valence-electron chi connectivity index (χ0n) is 11.2. The van der Waals surface area contributed by atoms with Crippen LogP contribution >= 0.6 is 15.9 Å². The number of rotatable bonds is 3. The molecule has 1 aromatic carbocycles. The SMILES string of the molecule is NCC1(C(O)c2ccc(Br)o2)CCCc2ccccc21. The van der Waals surface area contributed by atoms with Gasteiger partial charge < -0.3 is 15.3 Å². The summed E-state index contributed by atoms with van der Waals surface area (Å²) in [6.07, 6.45) is 2.24. The third kappa shape index (κ3) is 2.12. The van der Waals surface area contributed by atoms with E-state index in [9.17, 15) is 5.11 Å². The van der Waals surface area contributed by atoms with Gasteiger partial charge in [0, 0.05) is 12.0 Å². The molecule has 0 spiro atoms. The van der Waals surface area contributed by atoms with Crippen molar-refractivity contribution >= 4 is 15.9 Å². The molecule has 20 heavy (non-hydrogen) atoms. The lowest BCUT2D eigenvalue weighted by Gasteiger charge is -2.41. The number of nitrogens with two attached hydrogens (primary N) is 1. The molecule has 0 saturated heterocycles. The number of aryl methyl sites for hydroxylation is 1. The number of fused-ring (bicyclic) bond motifs is 1. The average Bonchev–Trinajstić information content (AvgIpc) is 2.92. The van der Waals surface area contributed by atoms with Gasteiger partial charge in [0.2, 0.25) is 0 Å². The number of hydrogen-bond donors (Lipinski definition) is 2. The van der Waals surface area contributed by atoms with Gasteiger partial charge in [0.1, 0.15) is 11.9 Å².